The van der Waals surface area contributed by atoms with Crippen molar-refractivity contribution in [1.29, 1.82) is 0 Å². The van der Waals surface area contributed by atoms with Gasteiger partial charge in [-0.15, -0.1) is 0 Å². The molecule has 4 rings (SSSR count). The lowest BCUT2D eigenvalue weighted by molar-refractivity contribution is 0.0962. The number of benzene rings is 1. The number of rotatable bonds is 7. The maximum Gasteiger partial charge on any atom is 0.251 e. The molecule has 1 amide bonds. The van der Waals surface area contributed by atoms with Crippen LogP contribution in [0.15, 0.2) is 42.7 Å². The number of carbonyl (C=O) groups is 1. The zero-order chi connectivity index (χ0) is 23.5. The zero-order valence-corrected chi connectivity index (χ0v) is 18.8. The molecule has 33 heavy (non-hydrogen) atoms. The van der Waals surface area contributed by atoms with Gasteiger partial charge in [-0.2, -0.15) is 9.97 Å². The molecule has 0 spiro atoms. The third kappa shape index (κ3) is 4.49. The lowest BCUT2D eigenvalue weighted by Gasteiger charge is -2.14. The van der Waals surface area contributed by atoms with Gasteiger partial charge in [-0.05, 0) is 49.7 Å². The molecule has 0 radical (unpaired) electrons. The van der Waals surface area contributed by atoms with Gasteiger partial charge in [-0.25, -0.2) is 4.98 Å². The molecular weight excluding hydrogens is 422 g/mol. The number of pyridine rings is 1. The molecule has 0 fully saturated rings. The highest BCUT2D eigenvalue weighted by molar-refractivity contribution is 5.98. The predicted molar refractivity (Wildman–Crippen MR) is 127 cm³/mol. The van der Waals surface area contributed by atoms with E-state index in [0.717, 1.165) is 16.5 Å². The molecule has 0 aliphatic rings. The summed E-state index contributed by atoms with van der Waals surface area (Å²) in [6, 6.07) is 8.72. The molecule has 0 bridgehead atoms. The smallest absolute Gasteiger partial charge is 0.251 e. The molecule has 0 unspecified atom stereocenters. The quantitative estimate of drug-likeness (QED) is 0.337. The van der Waals surface area contributed by atoms with Gasteiger partial charge in [0.2, 0.25) is 11.8 Å². The van der Waals surface area contributed by atoms with Crippen LogP contribution >= 0.6 is 0 Å². The molecule has 0 saturated heterocycles. The Morgan fingerprint density at radius 2 is 2.00 bits per heavy atom. The second-order valence-corrected chi connectivity index (χ2v) is 7.53. The van der Waals surface area contributed by atoms with Crippen molar-refractivity contribution in [3.8, 4) is 22.8 Å². The van der Waals surface area contributed by atoms with Gasteiger partial charge in [0.1, 0.15) is 17.2 Å². The third-order valence-corrected chi connectivity index (χ3v) is 4.88. The highest BCUT2D eigenvalue weighted by atomic mass is 16.5. The molecule has 3 heterocycles. The number of anilines is 3. The molecule has 1 aromatic carbocycles. The van der Waals surface area contributed by atoms with Gasteiger partial charge in [-0.1, -0.05) is 0 Å². The summed E-state index contributed by atoms with van der Waals surface area (Å²) in [7, 11) is 3.11. The molecule has 10 nitrogen and oxygen atoms in total. The van der Waals surface area contributed by atoms with Crippen LogP contribution in [-0.2, 0) is 0 Å². The van der Waals surface area contributed by atoms with Crippen molar-refractivity contribution >= 4 is 34.4 Å². The lowest BCUT2D eigenvalue weighted by Crippen LogP contribution is -2.17. The summed E-state index contributed by atoms with van der Waals surface area (Å²) in [5.74, 6) is 1.42. The maximum atomic E-state index is 11.9. The predicted octanol–water partition coefficient (Wildman–Crippen LogP) is 3.50. The second kappa shape index (κ2) is 9.03. The molecule has 0 saturated carbocycles. The van der Waals surface area contributed by atoms with E-state index in [1.54, 1.807) is 37.5 Å². The highest BCUT2D eigenvalue weighted by Crippen LogP contribution is 2.36. The second-order valence-electron chi connectivity index (χ2n) is 7.53. The topological polar surface area (TPSA) is 140 Å². The number of hydrogen-bond donors (Lipinski definition) is 4. The minimum absolute atomic E-state index is 0.109. The fourth-order valence-electron chi connectivity index (χ4n) is 3.41. The van der Waals surface area contributed by atoms with Gasteiger partial charge >= 0.3 is 0 Å². The standard InChI is InChI=1S/C23H25N7O3/c1-12(2)33-22-19-15(13-7-8-26-18(24)10-13)11-27-20(19)29-23(30-22)28-16-6-5-14(21(31)25-3)9-17(16)32-4/h5-12H,1-4H3,(H2,24,26)(H,25,31)(H2,27,28,29,30). The number of H-pyrrole nitrogens is 1. The van der Waals surface area contributed by atoms with Gasteiger partial charge in [0.15, 0.2) is 0 Å². The van der Waals surface area contributed by atoms with Crippen LogP contribution in [0.1, 0.15) is 24.2 Å². The monoisotopic (exact) mass is 447 g/mol. The molecule has 4 aromatic rings. The van der Waals surface area contributed by atoms with E-state index < -0.39 is 0 Å². The van der Waals surface area contributed by atoms with Crippen LogP contribution in [0.4, 0.5) is 17.5 Å². The van der Waals surface area contributed by atoms with E-state index in [1.165, 1.54) is 7.11 Å². The van der Waals surface area contributed by atoms with E-state index in [0.29, 0.717) is 40.3 Å². The first-order valence-corrected chi connectivity index (χ1v) is 10.3. The number of amides is 1. The Morgan fingerprint density at radius 3 is 2.70 bits per heavy atom. The summed E-state index contributed by atoms with van der Waals surface area (Å²) >= 11 is 0. The molecule has 5 N–H and O–H groups in total. The summed E-state index contributed by atoms with van der Waals surface area (Å²) in [6.07, 6.45) is 3.38. The Labute approximate surface area is 190 Å². The van der Waals surface area contributed by atoms with E-state index in [1.807, 2.05) is 26.1 Å². The van der Waals surface area contributed by atoms with Crippen molar-refractivity contribution < 1.29 is 14.3 Å². The molecule has 0 aliphatic carbocycles. The SMILES string of the molecule is CNC(=O)c1ccc(Nc2nc(OC(C)C)c3c(-c4ccnc(N)c4)c[nH]c3n2)c(OC)c1. The number of fused-ring (bicyclic) bond motifs is 1. The van der Waals surface area contributed by atoms with Crippen LogP contribution in [0.3, 0.4) is 0 Å². The summed E-state index contributed by atoms with van der Waals surface area (Å²) in [5.41, 5.74) is 9.28. The van der Waals surface area contributed by atoms with Crippen LogP contribution in [0.25, 0.3) is 22.2 Å². The average molecular weight is 447 g/mol. The first-order chi connectivity index (χ1) is 15.9. The third-order valence-electron chi connectivity index (χ3n) is 4.88. The van der Waals surface area contributed by atoms with Gasteiger partial charge < -0.3 is 30.8 Å². The van der Waals surface area contributed by atoms with Crippen molar-refractivity contribution in [3.05, 3.63) is 48.3 Å². The molecule has 170 valence electrons. The molecule has 0 atom stereocenters. The van der Waals surface area contributed by atoms with Crippen LogP contribution in [0.2, 0.25) is 0 Å². The lowest BCUT2D eigenvalue weighted by atomic mass is 10.1. The van der Waals surface area contributed by atoms with E-state index >= 15 is 0 Å². The number of aromatic nitrogens is 4. The number of methoxy groups -OCH3 is 1. The number of ether oxygens (including phenoxy) is 2. The number of nitrogens with zero attached hydrogens (tertiary/aromatic N) is 3. The van der Waals surface area contributed by atoms with Crippen molar-refractivity contribution in [2.45, 2.75) is 20.0 Å². The fourth-order valence-corrected chi connectivity index (χ4v) is 3.41. The normalized spacial score (nSPS) is 10.9. The molecule has 0 aliphatic heterocycles. The number of carbonyl (C=O) groups excluding carboxylic acids is 1. The Kier molecular flexibility index (Phi) is 5.99. The average Bonchev–Trinajstić information content (AvgIpc) is 3.23. The van der Waals surface area contributed by atoms with Crippen molar-refractivity contribution in [3.63, 3.8) is 0 Å². The van der Waals surface area contributed by atoms with Crippen LogP contribution in [0, 0.1) is 0 Å². The largest absolute Gasteiger partial charge is 0.495 e. The van der Waals surface area contributed by atoms with Gasteiger partial charge in [-0.3, -0.25) is 4.79 Å². The molecule has 10 heteroatoms. The highest BCUT2D eigenvalue weighted by Gasteiger charge is 2.19. The van der Waals surface area contributed by atoms with E-state index in [2.05, 4.69) is 30.6 Å². The minimum Gasteiger partial charge on any atom is -0.495 e. The number of nitrogens with one attached hydrogen (secondary N) is 3. The Balaban J connectivity index is 1.78. The number of nitrogen functional groups attached to an aromatic ring is 1. The van der Waals surface area contributed by atoms with Gasteiger partial charge in [0, 0.05) is 30.6 Å². The van der Waals surface area contributed by atoms with Crippen molar-refractivity contribution in [2.24, 2.45) is 0 Å². The zero-order valence-electron chi connectivity index (χ0n) is 18.8. The first-order valence-electron chi connectivity index (χ1n) is 10.3. The molecule has 3 aromatic heterocycles. The van der Waals surface area contributed by atoms with E-state index in [9.17, 15) is 4.79 Å². The van der Waals surface area contributed by atoms with Crippen LogP contribution in [-0.4, -0.2) is 46.1 Å². The van der Waals surface area contributed by atoms with Crippen LogP contribution in [0.5, 0.6) is 11.6 Å². The fraction of sp³-hybridized carbons (Fsp3) is 0.217. The van der Waals surface area contributed by atoms with E-state index in [4.69, 9.17) is 15.2 Å². The molecular formula is C23H25N7O3. The first kappa shape index (κ1) is 21.9. The van der Waals surface area contributed by atoms with Crippen LogP contribution < -0.4 is 25.8 Å². The summed E-state index contributed by atoms with van der Waals surface area (Å²) in [4.78, 5) is 28.4. The maximum absolute atomic E-state index is 11.9. The van der Waals surface area contributed by atoms with Crippen molar-refractivity contribution in [2.75, 3.05) is 25.2 Å². The van der Waals surface area contributed by atoms with E-state index in [-0.39, 0.29) is 12.0 Å². The summed E-state index contributed by atoms with van der Waals surface area (Å²) in [6.45, 7) is 3.86. The van der Waals surface area contributed by atoms with Gasteiger partial charge in [0.25, 0.3) is 5.91 Å². The van der Waals surface area contributed by atoms with Crippen molar-refractivity contribution in [1.82, 2.24) is 25.3 Å². The minimum atomic E-state index is -0.208. The Bertz CT molecular complexity index is 1320. The number of aromatic amines is 1. The number of nitrogens with two attached hydrogens (primary N) is 1. The van der Waals surface area contributed by atoms with Gasteiger partial charge in [0.05, 0.1) is 24.3 Å². The number of hydrogen-bond acceptors (Lipinski definition) is 8. The summed E-state index contributed by atoms with van der Waals surface area (Å²) < 4.78 is 11.5. The Morgan fingerprint density at radius 1 is 1.18 bits per heavy atom. The summed E-state index contributed by atoms with van der Waals surface area (Å²) in [5, 5.41) is 6.50. The Hall–Kier alpha value is -4.34.